The van der Waals surface area contributed by atoms with Gasteiger partial charge in [0.15, 0.2) is 0 Å². The molecular formula is C18H21N3O6S. The Morgan fingerprint density at radius 2 is 2.00 bits per heavy atom. The van der Waals surface area contributed by atoms with Gasteiger partial charge in [0.25, 0.3) is 0 Å². The van der Waals surface area contributed by atoms with E-state index in [0.717, 1.165) is 0 Å². The summed E-state index contributed by atoms with van der Waals surface area (Å²) in [5.41, 5.74) is 0.479. The van der Waals surface area contributed by atoms with E-state index in [1.807, 2.05) is 0 Å². The molecule has 0 spiro atoms. The standard InChI is InChI=1S/C18H21N3O6S/c1-19-28(24,25)16-10-13(5-7-15(16)26-2)6-8-17(22)21-12-18(23)20-11-14-4-3-9-27-14/h3-10,19H,11-12H2,1-2H3,(H,20,23)(H,21,22)/b8-6+. The summed E-state index contributed by atoms with van der Waals surface area (Å²) in [4.78, 5) is 23.5. The molecular weight excluding hydrogens is 386 g/mol. The molecule has 0 fully saturated rings. The van der Waals surface area contributed by atoms with Gasteiger partial charge in [-0.25, -0.2) is 13.1 Å². The molecule has 0 bridgehead atoms. The molecule has 9 nitrogen and oxygen atoms in total. The number of ether oxygens (including phenoxy) is 1. The number of nitrogens with one attached hydrogen (secondary N) is 3. The smallest absolute Gasteiger partial charge is 0.244 e. The van der Waals surface area contributed by atoms with E-state index in [9.17, 15) is 18.0 Å². The molecule has 0 saturated heterocycles. The summed E-state index contributed by atoms with van der Waals surface area (Å²) in [6, 6.07) is 7.90. The van der Waals surface area contributed by atoms with E-state index in [1.165, 1.54) is 44.7 Å². The highest BCUT2D eigenvalue weighted by molar-refractivity contribution is 7.89. The SMILES string of the molecule is CNS(=O)(=O)c1cc(/C=C/C(=O)NCC(=O)NCc2ccco2)ccc1OC. The van der Waals surface area contributed by atoms with Crippen LogP contribution in [0.4, 0.5) is 0 Å². The first kappa shape index (κ1) is 21.2. The van der Waals surface area contributed by atoms with Crippen molar-refractivity contribution in [1.82, 2.24) is 15.4 Å². The maximum Gasteiger partial charge on any atom is 0.244 e. The Hall–Kier alpha value is -3.11. The molecule has 0 radical (unpaired) electrons. The summed E-state index contributed by atoms with van der Waals surface area (Å²) >= 11 is 0. The van der Waals surface area contributed by atoms with Crippen LogP contribution in [0.25, 0.3) is 6.08 Å². The third-order valence-electron chi connectivity index (χ3n) is 3.64. The quantitative estimate of drug-likeness (QED) is 0.524. The van der Waals surface area contributed by atoms with Crippen molar-refractivity contribution in [1.29, 1.82) is 0 Å². The third-order valence-corrected chi connectivity index (χ3v) is 5.07. The summed E-state index contributed by atoms with van der Waals surface area (Å²) in [5, 5.41) is 5.04. The van der Waals surface area contributed by atoms with Crippen molar-refractivity contribution in [2.75, 3.05) is 20.7 Å². The van der Waals surface area contributed by atoms with E-state index in [-0.39, 0.29) is 29.6 Å². The Morgan fingerprint density at radius 3 is 2.64 bits per heavy atom. The van der Waals surface area contributed by atoms with E-state index >= 15 is 0 Å². The molecule has 0 aliphatic rings. The van der Waals surface area contributed by atoms with Crippen molar-refractivity contribution >= 4 is 27.9 Å². The minimum absolute atomic E-state index is 0.0441. The van der Waals surface area contributed by atoms with Gasteiger partial charge in [-0.1, -0.05) is 6.07 Å². The Kier molecular flexibility index (Phi) is 7.36. The van der Waals surface area contributed by atoms with Crippen LogP contribution in [-0.4, -0.2) is 40.9 Å². The van der Waals surface area contributed by atoms with E-state index in [2.05, 4.69) is 15.4 Å². The number of amides is 2. The Morgan fingerprint density at radius 1 is 1.21 bits per heavy atom. The molecule has 0 saturated carbocycles. The molecule has 1 aromatic heterocycles. The number of hydrogen-bond acceptors (Lipinski definition) is 6. The minimum Gasteiger partial charge on any atom is -0.495 e. The monoisotopic (exact) mass is 407 g/mol. The highest BCUT2D eigenvalue weighted by atomic mass is 32.2. The number of carbonyl (C=O) groups is 2. The fourth-order valence-electron chi connectivity index (χ4n) is 2.18. The normalized spacial score (nSPS) is 11.4. The first-order valence-corrected chi connectivity index (χ1v) is 9.70. The number of benzene rings is 1. The van der Waals surface area contributed by atoms with Crippen molar-refractivity contribution < 1.29 is 27.2 Å². The number of furan rings is 1. The van der Waals surface area contributed by atoms with Gasteiger partial charge in [-0.2, -0.15) is 0 Å². The highest BCUT2D eigenvalue weighted by Crippen LogP contribution is 2.25. The van der Waals surface area contributed by atoms with Crippen molar-refractivity contribution in [2.45, 2.75) is 11.4 Å². The van der Waals surface area contributed by atoms with Crippen LogP contribution in [0.1, 0.15) is 11.3 Å². The Labute approximate surface area is 162 Å². The molecule has 10 heteroatoms. The lowest BCUT2D eigenvalue weighted by Gasteiger charge is -2.09. The van der Waals surface area contributed by atoms with Crippen molar-refractivity contribution in [3.8, 4) is 5.75 Å². The molecule has 2 aromatic rings. The average Bonchev–Trinajstić information content (AvgIpc) is 3.22. The van der Waals surface area contributed by atoms with Gasteiger partial charge in [-0.3, -0.25) is 9.59 Å². The zero-order valence-corrected chi connectivity index (χ0v) is 16.2. The van der Waals surface area contributed by atoms with Crippen molar-refractivity contribution in [3.63, 3.8) is 0 Å². The molecule has 3 N–H and O–H groups in total. The van der Waals surface area contributed by atoms with Crippen LogP contribution in [0.5, 0.6) is 5.75 Å². The van der Waals surface area contributed by atoms with Crippen LogP contribution in [0, 0.1) is 0 Å². The van der Waals surface area contributed by atoms with E-state index in [1.54, 1.807) is 18.2 Å². The van der Waals surface area contributed by atoms with Gasteiger partial charge in [-0.05, 0) is 43.0 Å². The molecule has 2 amide bonds. The molecule has 1 heterocycles. The molecule has 150 valence electrons. The number of rotatable bonds is 9. The van der Waals surface area contributed by atoms with Crippen molar-refractivity contribution in [2.24, 2.45) is 0 Å². The molecule has 28 heavy (non-hydrogen) atoms. The van der Waals surface area contributed by atoms with E-state index in [0.29, 0.717) is 11.3 Å². The van der Waals surface area contributed by atoms with E-state index in [4.69, 9.17) is 9.15 Å². The van der Waals surface area contributed by atoms with Gasteiger partial charge in [0.1, 0.15) is 16.4 Å². The van der Waals surface area contributed by atoms with Crippen molar-refractivity contribution in [3.05, 3.63) is 54.0 Å². The Bertz CT molecular complexity index is 952. The van der Waals surface area contributed by atoms with Crippen LogP contribution in [0.2, 0.25) is 0 Å². The first-order valence-electron chi connectivity index (χ1n) is 8.22. The maximum atomic E-state index is 12.0. The predicted molar refractivity (Wildman–Crippen MR) is 102 cm³/mol. The number of carbonyl (C=O) groups excluding carboxylic acids is 2. The molecule has 2 rings (SSSR count). The number of sulfonamides is 1. The second kappa shape index (κ2) is 9.72. The summed E-state index contributed by atoms with van der Waals surface area (Å²) in [5.74, 6) is -0.0810. The number of methoxy groups -OCH3 is 1. The lowest BCUT2D eigenvalue weighted by atomic mass is 10.2. The van der Waals surface area contributed by atoms with Crippen LogP contribution in [-0.2, 0) is 26.2 Å². The lowest BCUT2D eigenvalue weighted by Crippen LogP contribution is -2.35. The molecule has 0 unspecified atom stereocenters. The zero-order valence-electron chi connectivity index (χ0n) is 15.4. The van der Waals surface area contributed by atoms with Gasteiger partial charge < -0.3 is 19.8 Å². The predicted octanol–water partition coefficient (Wildman–Crippen LogP) is 0.642. The van der Waals surface area contributed by atoms with Gasteiger partial charge in [-0.15, -0.1) is 0 Å². The van der Waals surface area contributed by atoms with Gasteiger partial charge in [0.05, 0.1) is 26.5 Å². The minimum atomic E-state index is -3.72. The summed E-state index contributed by atoms with van der Waals surface area (Å²) < 4.78 is 36.5. The summed E-state index contributed by atoms with van der Waals surface area (Å²) in [6.07, 6.45) is 4.14. The fourth-order valence-corrected chi connectivity index (χ4v) is 3.10. The molecule has 1 aromatic carbocycles. The highest BCUT2D eigenvalue weighted by Gasteiger charge is 2.17. The fraction of sp³-hybridized carbons (Fsp3) is 0.222. The first-order chi connectivity index (χ1) is 13.4. The van der Waals surface area contributed by atoms with Crippen LogP contribution in [0.15, 0.2) is 52.0 Å². The molecule has 0 atom stereocenters. The summed E-state index contributed by atoms with van der Waals surface area (Å²) in [6.45, 7) is 0.0258. The second-order valence-electron chi connectivity index (χ2n) is 5.53. The van der Waals surface area contributed by atoms with Crippen LogP contribution < -0.4 is 20.1 Å². The number of hydrogen-bond donors (Lipinski definition) is 3. The largest absolute Gasteiger partial charge is 0.495 e. The van der Waals surface area contributed by atoms with Gasteiger partial charge in [0.2, 0.25) is 21.8 Å². The zero-order chi connectivity index (χ0) is 20.6. The van der Waals surface area contributed by atoms with Crippen LogP contribution in [0.3, 0.4) is 0 Å². The third kappa shape index (κ3) is 5.96. The Balaban J connectivity index is 1.92. The van der Waals surface area contributed by atoms with Gasteiger partial charge >= 0.3 is 0 Å². The molecule has 0 aliphatic carbocycles. The topological polar surface area (TPSA) is 127 Å². The van der Waals surface area contributed by atoms with E-state index < -0.39 is 15.9 Å². The second-order valence-corrected chi connectivity index (χ2v) is 7.38. The lowest BCUT2D eigenvalue weighted by molar-refractivity contribution is -0.124. The average molecular weight is 407 g/mol. The van der Waals surface area contributed by atoms with Crippen LogP contribution >= 0.6 is 0 Å². The van der Waals surface area contributed by atoms with Gasteiger partial charge in [0, 0.05) is 6.08 Å². The molecule has 0 aliphatic heterocycles. The summed E-state index contributed by atoms with van der Waals surface area (Å²) in [7, 11) is -1.06. The maximum absolute atomic E-state index is 12.0.